The highest BCUT2D eigenvalue weighted by Crippen LogP contribution is 2.26. The first-order valence-corrected chi connectivity index (χ1v) is 7.61. The Hall–Kier alpha value is -0.570. The van der Waals surface area contributed by atoms with Crippen LogP contribution < -0.4 is 5.32 Å². The minimum Gasteiger partial charge on any atom is -0.465 e. The number of carbonyl (C=O) groups excluding carboxylic acids is 1. The molecule has 3 nitrogen and oxygen atoms in total. The van der Waals surface area contributed by atoms with E-state index in [2.05, 4.69) is 19.2 Å². The molecule has 0 saturated heterocycles. The molecular weight excluding hydrogens is 226 g/mol. The van der Waals surface area contributed by atoms with Crippen LogP contribution in [-0.4, -0.2) is 24.7 Å². The molecule has 0 aromatic rings. The Morgan fingerprint density at radius 1 is 1.22 bits per heavy atom. The van der Waals surface area contributed by atoms with Gasteiger partial charge in [0.2, 0.25) is 0 Å². The quantitative estimate of drug-likeness (QED) is 0.585. The average molecular weight is 255 g/mol. The smallest absolute Gasteiger partial charge is 0.323 e. The van der Waals surface area contributed by atoms with Crippen LogP contribution in [0.1, 0.15) is 65.7 Å². The summed E-state index contributed by atoms with van der Waals surface area (Å²) in [5.74, 6) is 0.408. The zero-order chi connectivity index (χ0) is 13.4. The number of hydrogen-bond acceptors (Lipinski definition) is 3. The number of esters is 1. The van der Waals surface area contributed by atoms with Gasteiger partial charge in [-0.1, -0.05) is 32.6 Å². The maximum Gasteiger partial charge on any atom is 0.323 e. The van der Waals surface area contributed by atoms with Crippen LogP contribution in [0.25, 0.3) is 0 Å². The Morgan fingerprint density at radius 3 is 2.33 bits per heavy atom. The van der Waals surface area contributed by atoms with E-state index in [1.54, 1.807) is 0 Å². The molecule has 3 heteroatoms. The van der Waals surface area contributed by atoms with E-state index >= 15 is 0 Å². The predicted molar refractivity (Wildman–Crippen MR) is 74.5 cm³/mol. The molecule has 0 radical (unpaired) electrons. The van der Waals surface area contributed by atoms with Crippen molar-refractivity contribution in [3.63, 3.8) is 0 Å². The van der Waals surface area contributed by atoms with E-state index in [4.69, 9.17) is 4.74 Å². The summed E-state index contributed by atoms with van der Waals surface area (Å²) in [6.45, 7) is 6.64. The van der Waals surface area contributed by atoms with Crippen molar-refractivity contribution in [2.24, 2.45) is 5.92 Å². The fourth-order valence-corrected chi connectivity index (χ4v) is 2.70. The summed E-state index contributed by atoms with van der Waals surface area (Å²) in [4.78, 5) is 12.1. The predicted octanol–water partition coefficient (Wildman–Crippen LogP) is 3.28. The summed E-state index contributed by atoms with van der Waals surface area (Å²) < 4.78 is 5.24. The molecule has 0 bridgehead atoms. The van der Waals surface area contributed by atoms with E-state index in [0.29, 0.717) is 18.6 Å². The van der Waals surface area contributed by atoms with Crippen LogP contribution in [0, 0.1) is 5.92 Å². The van der Waals surface area contributed by atoms with Gasteiger partial charge in [-0.3, -0.25) is 4.79 Å². The molecule has 1 N–H and O–H groups in total. The SMILES string of the molecule is CCOC(=O)C(NC(C)CC)C1CCCCCC1. The zero-order valence-electron chi connectivity index (χ0n) is 12.2. The van der Waals surface area contributed by atoms with E-state index < -0.39 is 0 Å². The molecule has 18 heavy (non-hydrogen) atoms. The van der Waals surface area contributed by atoms with Gasteiger partial charge < -0.3 is 10.1 Å². The Bertz CT molecular complexity index is 235. The van der Waals surface area contributed by atoms with Crippen molar-refractivity contribution in [2.45, 2.75) is 77.8 Å². The van der Waals surface area contributed by atoms with Crippen LogP contribution in [0.5, 0.6) is 0 Å². The number of hydrogen-bond donors (Lipinski definition) is 1. The third kappa shape index (κ3) is 4.97. The molecule has 2 unspecified atom stereocenters. The minimum atomic E-state index is -0.0991. The van der Waals surface area contributed by atoms with Crippen LogP contribution in [0.4, 0.5) is 0 Å². The van der Waals surface area contributed by atoms with Crippen molar-refractivity contribution >= 4 is 5.97 Å². The number of nitrogens with one attached hydrogen (secondary N) is 1. The first-order valence-electron chi connectivity index (χ1n) is 7.61. The van der Waals surface area contributed by atoms with E-state index in [1.165, 1.54) is 25.7 Å². The molecule has 0 spiro atoms. The Kier molecular flexibility index (Phi) is 7.33. The summed E-state index contributed by atoms with van der Waals surface area (Å²) >= 11 is 0. The molecule has 1 rings (SSSR count). The molecule has 0 amide bonds. The highest BCUT2D eigenvalue weighted by Gasteiger charge is 2.30. The van der Waals surface area contributed by atoms with Crippen molar-refractivity contribution in [3.8, 4) is 0 Å². The van der Waals surface area contributed by atoms with Crippen LogP contribution in [0.3, 0.4) is 0 Å². The highest BCUT2D eigenvalue weighted by atomic mass is 16.5. The maximum atomic E-state index is 12.1. The van der Waals surface area contributed by atoms with Crippen molar-refractivity contribution in [2.75, 3.05) is 6.61 Å². The summed E-state index contributed by atoms with van der Waals surface area (Å²) in [7, 11) is 0. The van der Waals surface area contributed by atoms with Crippen molar-refractivity contribution in [1.29, 1.82) is 0 Å². The fraction of sp³-hybridized carbons (Fsp3) is 0.933. The van der Waals surface area contributed by atoms with Crippen LogP contribution in [-0.2, 0) is 9.53 Å². The molecule has 1 saturated carbocycles. The van der Waals surface area contributed by atoms with Gasteiger partial charge >= 0.3 is 5.97 Å². The summed E-state index contributed by atoms with van der Waals surface area (Å²) in [5, 5.41) is 3.47. The number of ether oxygens (including phenoxy) is 1. The third-order valence-electron chi connectivity index (χ3n) is 3.99. The van der Waals surface area contributed by atoms with Gasteiger partial charge in [-0.05, 0) is 39.0 Å². The van der Waals surface area contributed by atoms with Gasteiger partial charge in [-0.15, -0.1) is 0 Å². The second-order valence-corrected chi connectivity index (χ2v) is 5.46. The molecular formula is C15H29NO2. The number of carbonyl (C=O) groups is 1. The van der Waals surface area contributed by atoms with E-state index in [1.807, 2.05) is 6.92 Å². The molecule has 1 aliphatic rings. The minimum absolute atomic E-state index is 0.0512. The lowest BCUT2D eigenvalue weighted by molar-refractivity contribution is -0.147. The van der Waals surface area contributed by atoms with E-state index in [0.717, 1.165) is 19.3 Å². The Labute approximate surface area is 112 Å². The van der Waals surface area contributed by atoms with Gasteiger partial charge in [0.1, 0.15) is 6.04 Å². The molecule has 0 heterocycles. The van der Waals surface area contributed by atoms with Crippen LogP contribution in [0.15, 0.2) is 0 Å². The molecule has 1 aliphatic carbocycles. The summed E-state index contributed by atoms with van der Waals surface area (Å²) in [6.07, 6.45) is 8.50. The largest absolute Gasteiger partial charge is 0.465 e. The van der Waals surface area contributed by atoms with Crippen molar-refractivity contribution < 1.29 is 9.53 Å². The molecule has 0 aromatic carbocycles. The van der Waals surface area contributed by atoms with Gasteiger partial charge in [0, 0.05) is 6.04 Å². The second kappa shape index (κ2) is 8.52. The van der Waals surface area contributed by atoms with Gasteiger partial charge in [0.25, 0.3) is 0 Å². The zero-order valence-corrected chi connectivity index (χ0v) is 12.2. The van der Waals surface area contributed by atoms with Crippen molar-refractivity contribution in [3.05, 3.63) is 0 Å². The first kappa shape index (κ1) is 15.5. The standard InChI is InChI=1S/C15H29NO2/c1-4-12(3)16-14(15(17)18-5-2)13-10-8-6-7-9-11-13/h12-14,16H,4-11H2,1-3H3. The Morgan fingerprint density at radius 2 is 1.83 bits per heavy atom. The van der Waals surface area contributed by atoms with Crippen molar-refractivity contribution in [1.82, 2.24) is 5.32 Å². The normalized spacial score (nSPS) is 21.1. The molecule has 106 valence electrons. The lowest BCUT2D eigenvalue weighted by Crippen LogP contribution is -2.47. The molecule has 1 fully saturated rings. The summed E-state index contributed by atoms with van der Waals surface area (Å²) in [6, 6.07) is 0.278. The fourth-order valence-electron chi connectivity index (χ4n) is 2.70. The third-order valence-corrected chi connectivity index (χ3v) is 3.99. The van der Waals surface area contributed by atoms with Gasteiger partial charge in [-0.2, -0.15) is 0 Å². The monoisotopic (exact) mass is 255 g/mol. The van der Waals surface area contributed by atoms with Crippen LogP contribution >= 0.6 is 0 Å². The molecule has 2 atom stereocenters. The lowest BCUT2D eigenvalue weighted by atomic mass is 9.91. The first-order chi connectivity index (χ1) is 8.69. The second-order valence-electron chi connectivity index (χ2n) is 5.46. The Balaban J connectivity index is 2.64. The van der Waals surface area contributed by atoms with Crippen LogP contribution in [0.2, 0.25) is 0 Å². The van der Waals surface area contributed by atoms with E-state index in [9.17, 15) is 4.79 Å². The average Bonchev–Trinajstić information content (AvgIpc) is 2.64. The van der Waals surface area contributed by atoms with Gasteiger partial charge in [0.05, 0.1) is 6.61 Å². The van der Waals surface area contributed by atoms with E-state index in [-0.39, 0.29) is 12.0 Å². The lowest BCUT2D eigenvalue weighted by Gasteiger charge is -2.28. The van der Waals surface area contributed by atoms with Gasteiger partial charge in [-0.25, -0.2) is 0 Å². The van der Waals surface area contributed by atoms with Gasteiger partial charge in [0.15, 0.2) is 0 Å². The topological polar surface area (TPSA) is 38.3 Å². The molecule has 0 aliphatic heterocycles. The molecule has 0 aromatic heterocycles. The maximum absolute atomic E-state index is 12.1. The summed E-state index contributed by atoms with van der Waals surface area (Å²) in [5.41, 5.74) is 0. The highest BCUT2D eigenvalue weighted by molar-refractivity contribution is 5.76. The number of rotatable bonds is 6.